The SMILES string of the molecule is O=C(NCCc1ccco1)C1=NN([C@@H]2CCS(=O)(=O)C2)C(=O)CC1. The molecule has 1 N–H and O–H groups in total. The normalized spacial score (nSPS) is 23.2. The fourth-order valence-corrected chi connectivity index (χ4v) is 4.54. The van der Waals surface area contributed by atoms with Crippen molar-refractivity contribution in [1.82, 2.24) is 10.3 Å². The molecule has 2 amide bonds. The number of hydrogen-bond acceptors (Lipinski definition) is 6. The van der Waals surface area contributed by atoms with E-state index in [1.54, 1.807) is 12.3 Å². The molecule has 1 aromatic heterocycles. The molecule has 0 saturated carbocycles. The van der Waals surface area contributed by atoms with Gasteiger partial charge >= 0.3 is 0 Å². The maximum absolute atomic E-state index is 12.2. The van der Waals surface area contributed by atoms with E-state index in [1.807, 2.05) is 6.07 Å². The van der Waals surface area contributed by atoms with Gasteiger partial charge in [0, 0.05) is 25.8 Å². The van der Waals surface area contributed by atoms with Crippen LogP contribution in [0, 0.1) is 0 Å². The summed E-state index contributed by atoms with van der Waals surface area (Å²) in [6.07, 6.45) is 2.93. The average molecular weight is 353 g/mol. The Hall–Kier alpha value is -2.16. The van der Waals surface area contributed by atoms with Gasteiger partial charge in [0.15, 0.2) is 9.84 Å². The standard InChI is InChI=1S/C15H19N3O5S/c19-14-4-3-13(15(20)16-7-5-12-2-1-8-23-12)17-18(14)11-6-9-24(21,22)10-11/h1-2,8,11H,3-7,9-10H2,(H,16,20)/t11-/m1/s1. The van der Waals surface area contributed by atoms with Crippen LogP contribution in [-0.2, 0) is 25.8 Å². The number of furan rings is 1. The van der Waals surface area contributed by atoms with Crippen LogP contribution in [0.5, 0.6) is 0 Å². The van der Waals surface area contributed by atoms with Gasteiger partial charge < -0.3 is 9.73 Å². The van der Waals surface area contributed by atoms with E-state index in [0.29, 0.717) is 19.4 Å². The molecule has 2 aliphatic rings. The van der Waals surface area contributed by atoms with Crippen LogP contribution in [0.25, 0.3) is 0 Å². The third kappa shape index (κ3) is 3.84. The third-order valence-corrected chi connectivity index (χ3v) is 5.86. The van der Waals surface area contributed by atoms with E-state index in [0.717, 1.165) is 5.76 Å². The first-order valence-corrected chi connectivity index (χ1v) is 9.67. The maximum atomic E-state index is 12.2. The molecule has 1 atom stereocenters. The van der Waals surface area contributed by atoms with Gasteiger partial charge in [0.2, 0.25) is 5.91 Å². The molecule has 9 heteroatoms. The van der Waals surface area contributed by atoms with Gasteiger partial charge in [0.25, 0.3) is 5.91 Å². The highest BCUT2D eigenvalue weighted by molar-refractivity contribution is 7.91. The van der Waals surface area contributed by atoms with E-state index in [4.69, 9.17) is 4.42 Å². The summed E-state index contributed by atoms with van der Waals surface area (Å²) in [4.78, 5) is 24.2. The van der Waals surface area contributed by atoms with E-state index < -0.39 is 15.9 Å². The Bertz CT molecular complexity index is 754. The van der Waals surface area contributed by atoms with Crippen molar-refractivity contribution >= 4 is 27.4 Å². The summed E-state index contributed by atoms with van der Waals surface area (Å²) in [7, 11) is -3.12. The molecule has 1 aromatic rings. The number of nitrogens with zero attached hydrogens (tertiary/aromatic N) is 2. The van der Waals surface area contributed by atoms with Crippen LogP contribution >= 0.6 is 0 Å². The highest BCUT2D eigenvalue weighted by Gasteiger charge is 2.37. The van der Waals surface area contributed by atoms with Crippen LogP contribution in [0.3, 0.4) is 0 Å². The second kappa shape index (κ2) is 6.76. The Kier molecular flexibility index (Phi) is 4.70. The van der Waals surface area contributed by atoms with Crippen molar-refractivity contribution in [2.24, 2.45) is 5.10 Å². The van der Waals surface area contributed by atoms with Crippen LogP contribution in [-0.4, -0.2) is 55.0 Å². The van der Waals surface area contributed by atoms with E-state index in [9.17, 15) is 18.0 Å². The minimum atomic E-state index is -3.12. The van der Waals surface area contributed by atoms with Gasteiger partial charge in [0.1, 0.15) is 11.5 Å². The summed E-state index contributed by atoms with van der Waals surface area (Å²) in [5, 5.41) is 8.06. The number of carbonyl (C=O) groups is 2. The zero-order valence-electron chi connectivity index (χ0n) is 13.1. The van der Waals surface area contributed by atoms with Gasteiger partial charge in [-0.05, 0) is 18.6 Å². The van der Waals surface area contributed by atoms with Crippen molar-refractivity contribution in [2.75, 3.05) is 18.1 Å². The lowest BCUT2D eigenvalue weighted by molar-refractivity contribution is -0.133. The van der Waals surface area contributed by atoms with Gasteiger partial charge in [-0.25, -0.2) is 13.4 Å². The molecule has 3 heterocycles. The van der Waals surface area contributed by atoms with E-state index >= 15 is 0 Å². The highest BCUT2D eigenvalue weighted by atomic mass is 32.2. The van der Waals surface area contributed by atoms with Crippen LogP contribution in [0.15, 0.2) is 27.9 Å². The number of amides is 2. The largest absolute Gasteiger partial charge is 0.469 e. The lowest BCUT2D eigenvalue weighted by Crippen LogP contribution is -2.44. The fraction of sp³-hybridized carbons (Fsp3) is 0.533. The van der Waals surface area contributed by atoms with Crippen molar-refractivity contribution < 1.29 is 22.4 Å². The Morgan fingerprint density at radius 2 is 2.25 bits per heavy atom. The summed E-state index contributed by atoms with van der Waals surface area (Å²) in [6, 6.07) is 3.14. The van der Waals surface area contributed by atoms with E-state index in [-0.39, 0.29) is 41.9 Å². The summed E-state index contributed by atoms with van der Waals surface area (Å²) < 4.78 is 28.4. The molecular weight excluding hydrogens is 334 g/mol. The zero-order valence-corrected chi connectivity index (χ0v) is 13.9. The quantitative estimate of drug-likeness (QED) is 0.808. The lowest BCUT2D eigenvalue weighted by atomic mass is 10.1. The minimum Gasteiger partial charge on any atom is -0.469 e. The average Bonchev–Trinajstić information content (AvgIpc) is 3.17. The smallest absolute Gasteiger partial charge is 0.267 e. The number of carbonyl (C=O) groups excluding carboxylic acids is 2. The first kappa shape index (κ1) is 16.7. The van der Waals surface area contributed by atoms with Crippen LogP contribution in [0.2, 0.25) is 0 Å². The van der Waals surface area contributed by atoms with Gasteiger partial charge in [0.05, 0.1) is 23.8 Å². The predicted octanol–water partition coefficient (Wildman–Crippen LogP) is 0.104. The Morgan fingerprint density at radius 1 is 1.42 bits per heavy atom. The predicted molar refractivity (Wildman–Crippen MR) is 86.0 cm³/mol. The molecular formula is C15H19N3O5S. The van der Waals surface area contributed by atoms with Crippen molar-refractivity contribution in [3.63, 3.8) is 0 Å². The first-order chi connectivity index (χ1) is 11.4. The van der Waals surface area contributed by atoms with Gasteiger partial charge in [-0.15, -0.1) is 0 Å². The highest BCUT2D eigenvalue weighted by Crippen LogP contribution is 2.22. The number of rotatable bonds is 5. The molecule has 0 aliphatic carbocycles. The van der Waals surface area contributed by atoms with Crippen molar-refractivity contribution in [2.45, 2.75) is 31.7 Å². The number of hydrogen-bond donors (Lipinski definition) is 1. The van der Waals surface area contributed by atoms with Gasteiger partial charge in [-0.1, -0.05) is 0 Å². The third-order valence-electron chi connectivity index (χ3n) is 4.11. The van der Waals surface area contributed by atoms with E-state index in [2.05, 4.69) is 10.4 Å². The molecule has 130 valence electrons. The molecule has 0 bridgehead atoms. The lowest BCUT2D eigenvalue weighted by Gasteiger charge is -2.27. The topological polar surface area (TPSA) is 109 Å². The van der Waals surface area contributed by atoms with Gasteiger partial charge in [-0.3, -0.25) is 9.59 Å². The maximum Gasteiger partial charge on any atom is 0.267 e. The van der Waals surface area contributed by atoms with Crippen LogP contribution in [0.4, 0.5) is 0 Å². The Morgan fingerprint density at radius 3 is 2.92 bits per heavy atom. The van der Waals surface area contributed by atoms with Gasteiger partial charge in [-0.2, -0.15) is 5.10 Å². The molecule has 1 fully saturated rings. The monoisotopic (exact) mass is 353 g/mol. The molecule has 24 heavy (non-hydrogen) atoms. The zero-order chi connectivity index (χ0) is 17.2. The molecule has 8 nitrogen and oxygen atoms in total. The molecule has 0 radical (unpaired) electrons. The first-order valence-electron chi connectivity index (χ1n) is 7.85. The molecule has 3 rings (SSSR count). The van der Waals surface area contributed by atoms with Crippen molar-refractivity contribution in [3.05, 3.63) is 24.2 Å². The van der Waals surface area contributed by atoms with Crippen molar-refractivity contribution in [1.29, 1.82) is 0 Å². The molecule has 0 spiro atoms. The number of nitrogens with one attached hydrogen (secondary N) is 1. The van der Waals surface area contributed by atoms with Crippen LogP contribution < -0.4 is 5.32 Å². The number of sulfone groups is 1. The summed E-state index contributed by atoms with van der Waals surface area (Å²) >= 11 is 0. The molecule has 0 aromatic carbocycles. The molecule has 1 saturated heterocycles. The molecule has 0 unspecified atom stereocenters. The van der Waals surface area contributed by atoms with Crippen molar-refractivity contribution in [3.8, 4) is 0 Å². The Labute approximate surface area is 139 Å². The second-order valence-corrected chi connectivity index (χ2v) is 8.16. The fourth-order valence-electron chi connectivity index (χ4n) is 2.84. The summed E-state index contributed by atoms with van der Waals surface area (Å²) in [6.45, 7) is 0.400. The van der Waals surface area contributed by atoms with E-state index in [1.165, 1.54) is 5.01 Å². The summed E-state index contributed by atoms with van der Waals surface area (Å²) in [5.74, 6) is 0.176. The number of hydrazone groups is 1. The summed E-state index contributed by atoms with van der Waals surface area (Å²) in [5.41, 5.74) is 0.262. The minimum absolute atomic E-state index is 0.0572. The molecule has 2 aliphatic heterocycles. The Balaban J connectivity index is 1.60. The second-order valence-electron chi connectivity index (χ2n) is 5.93. The van der Waals surface area contributed by atoms with Crippen LogP contribution in [0.1, 0.15) is 25.0 Å².